The Morgan fingerprint density at radius 2 is 1.88 bits per heavy atom. The number of piperidine rings is 1. The van der Waals surface area contributed by atoms with Gasteiger partial charge in [-0.2, -0.15) is 0 Å². The van der Waals surface area contributed by atoms with Gasteiger partial charge in [-0.25, -0.2) is 0 Å². The molecule has 94 valence electrons. The van der Waals surface area contributed by atoms with Gasteiger partial charge in [0, 0.05) is 12.6 Å². The molecule has 0 aromatic carbocycles. The minimum absolute atomic E-state index is 0.662. The van der Waals surface area contributed by atoms with Crippen molar-refractivity contribution in [3.05, 3.63) is 0 Å². The quantitative estimate of drug-likeness (QED) is 0.795. The molecular formula is C14H28N2. The van der Waals surface area contributed by atoms with Crippen LogP contribution in [0.25, 0.3) is 0 Å². The van der Waals surface area contributed by atoms with Crippen LogP contribution < -0.4 is 5.73 Å². The lowest BCUT2D eigenvalue weighted by molar-refractivity contribution is 0.0997. The lowest BCUT2D eigenvalue weighted by Crippen LogP contribution is -2.49. The Morgan fingerprint density at radius 1 is 1.12 bits per heavy atom. The normalized spacial score (nSPS) is 33.4. The van der Waals surface area contributed by atoms with Gasteiger partial charge in [0.1, 0.15) is 0 Å². The summed E-state index contributed by atoms with van der Waals surface area (Å²) >= 11 is 0. The van der Waals surface area contributed by atoms with Crippen LogP contribution in [0.3, 0.4) is 0 Å². The second-order valence-corrected chi connectivity index (χ2v) is 5.90. The molecule has 0 amide bonds. The molecule has 0 aromatic heterocycles. The van der Waals surface area contributed by atoms with Crippen LogP contribution in [0.5, 0.6) is 0 Å². The van der Waals surface area contributed by atoms with E-state index in [1.807, 2.05) is 0 Å². The van der Waals surface area contributed by atoms with Crippen LogP contribution in [0.15, 0.2) is 0 Å². The molecule has 2 N–H and O–H groups in total. The SMILES string of the molecule is CC1CCCN(CCC2CCCC2)C1CN. The molecule has 1 heterocycles. The first-order valence-electron chi connectivity index (χ1n) is 7.25. The summed E-state index contributed by atoms with van der Waals surface area (Å²) in [7, 11) is 0. The smallest absolute Gasteiger partial charge is 0.0243 e. The van der Waals surface area contributed by atoms with Gasteiger partial charge >= 0.3 is 0 Å². The van der Waals surface area contributed by atoms with Crippen molar-refractivity contribution < 1.29 is 0 Å². The molecule has 1 saturated heterocycles. The molecule has 0 bridgehead atoms. The molecule has 2 fully saturated rings. The number of hydrogen-bond acceptors (Lipinski definition) is 2. The number of likely N-dealkylation sites (tertiary alicyclic amines) is 1. The van der Waals surface area contributed by atoms with Crippen LogP contribution in [0.1, 0.15) is 51.9 Å². The molecule has 2 aliphatic rings. The van der Waals surface area contributed by atoms with Crippen LogP contribution in [-0.4, -0.2) is 30.6 Å². The summed E-state index contributed by atoms with van der Waals surface area (Å²) < 4.78 is 0. The van der Waals surface area contributed by atoms with E-state index in [0.717, 1.165) is 18.4 Å². The summed E-state index contributed by atoms with van der Waals surface area (Å²) in [6.45, 7) is 5.82. The molecule has 0 aromatic rings. The average molecular weight is 224 g/mol. The molecule has 2 unspecified atom stereocenters. The van der Waals surface area contributed by atoms with Gasteiger partial charge < -0.3 is 5.73 Å². The Labute approximate surface area is 101 Å². The Hall–Kier alpha value is -0.0800. The maximum absolute atomic E-state index is 5.93. The predicted octanol–water partition coefficient (Wildman–Crippen LogP) is 2.63. The van der Waals surface area contributed by atoms with Crippen molar-refractivity contribution >= 4 is 0 Å². The highest BCUT2D eigenvalue weighted by Crippen LogP contribution is 2.29. The van der Waals surface area contributed by atoms with Gasteiger partial charge in [0.15, 0.2) is 0 Å². The third-order valence-electron chi connectivity index (χ3n) is 4.77. The van der Waals surface area contributed by atoms with E-state index in [4.69, 9.17) is 5.73 Å². The van der Waals surface area contributed by atoms with Gasteiger partial charge in [0.2, 0.25) is 0 Å². The van der Waals surface area contributed by atoms with Crippen molar-refractivity contribution in [2.45, 2.75) is 57.9 Å². The van der Waals surface area contributed by atoms with Crippen LogP contribution in [0, 0.1) is 11.8 Å². The van der Waals surface area contributed by atoms with Crippen molar-refractivity contribution in [1.82, 2.24) is 4.90 Å². The van der Waals surface area contributed by atoms with Crippen LogP contribution in [0.2, 0.25) is 0 Å². The highest BCUT2D eigenvalue weighted by Gasteiger charge is 2.27. The first-order valence-corrected chi connectivity index (χ1v) is 7.25. The van der Waals surface area contributed by atoms with E-state index in [1.54, 1.807) is 0 Å². The monoisotopic (exact) mass is 224 g/mol. The maximum atomic E-state index is 5.93. The zero-order valence-corrected chi connectivity index (χ0v) is 10.8. The largest absolute Gasteiger partial charge is 0.329 e. The maximum Gasteiger partial charge on any atom is 0.0243 e. The van der Waals surface area contributed by atoms with E-state index in [0.29, 0.717) is 6.04 Å². The highest BCUT2D eigenvalue weighted by molar-refractivity contribution is 4.83. The van der Waals surface area contributed by atoms with Gasteiger partial charge in [-0.3, -0.25) is 4.90 Å². The van der Waals surface area contributed by atoms with Gasteiger partial charge in [-0.15, -0.1) is 0 Å². The van der Waals surface area contributed by atoms with Gasteiger partial charge in [0.05, 0.1) is 0 Å². The third kappa shape index (κ3) is 2.98. The Morgan fingerprint density at radius 3 is 2.56 bits per heavy atom. The first kappa shape index (κ1) is 12.4. The molecule has 2 heteroatoms. The molecule has 2 atom stereocenters. The Kier molecular flexibility index (Phi) is 4.66. The average Bonchev–Trinajstić information content (AvgIpc) is 2.79. The first-order chi connectivity index (χ1) is 7.81. The second kappa shape index (κ2) is 6.02. The summed E-state index contributed by atoms with van der Waals surface area (Å²) in [5.41, 5.74) is 5.93. The fourth-order valence-electron chi connectivity index (χ4n) is 3.64. The molecule has 1 aliphatic heterocycles. The number of nitrogens with two attached hydrogens (primary N) is 1. The van der Waals surface area contributed by atoms with E-state index in [9.17, 15) is 0 Å². The molecular weight excluding hydrogens is 196 g/mol. The summed E-state index contributed by atoms with van der Waals surface area (Å²) in [5.74, 6) is 1.83. The van der Waals surface area contributed by atoms with Gasteiger partial charge in [0.25, 0.3) is 0 Å². The lowest BCUT2D eigenvalue weighted by Gasteiger charge is -2.39. The summed E-state index contributed by atoms with van der Waals surface area (Å²) in [6.07, 6.45) is 10.1. The fourth-order valence-corrected chi connectivity index (χ4v) is 3.64. The third-order valence-corrected chi connectivity index (χ3v) is 4.77. The molecule has 0 spiro atoms. The standard InChI is InChI=1S/C14H28N2/c1-12-5-4-9-16(14(12)11-15)10-8-13-6-2-3-7-13/h12-14H,2-11,15H2,1H3. The predicted molar refractivity (Wildman–Crippen MR) is 69.4 cm³/mol. The van der Waals surface area contributed by atoms with E-state index in [-0.39, 0.29) is 0 Å². The van der Waals surface area contributed by atoms with Gasteiger partial charge in [-0.1, -0.05) is 32.6 Å². The highest BCUT2D eigenvalue weighted by atomic mass is 15.2. The van der Waals surface area contributed by atoms with Crippen molar-refractivity contribution in [1.29, 1.82) is 0 Å². The summed E-state index contributed by atoms with van der Waals surface area (Å²) in [4.78, 5) is 2.67. The Balaban J connectivity index is 1.77. The van der Waals surface area contributed by atoms with Gasteiger partial charge in [-0.05, 0) is 44.2 Å². The van der Waals surface area contributed by atoms with E-state index in [1.165, 1.54) is 58.0 Å². The number of nitrogens with zero attached hydrogens (tertiary/aromatic N) is 1. The van der Waals surface area contributed by atoms with Crippen molar-refractivity contribution in [3.8, 4) is 0 Å². The molecule has 2 rings (SSSR count). The fraction of sp³-hybridized carbons (Fsp3) is 1.00. The minimum Gasteiger partial charge on any atom is -0.329 e. The zero-order valence-electron chi connectivity index (χ0n) is 10.8. The molecule has 1 saturated carbocycles. The summed E-state index contributed by atoms with van der Waals surface area (Å²) in [6, 6.07) is 0.662. The topological polar surface area (TPSA) is 29.3 Å². The second-order valence-electron chi connectivity index (χ2n) is 5.90. The van der Waals surface area contributed by atoms with E-state index >= 15 is 0 Å². The summed E-state index contributed by atoms with van der Waals surface area (Å²) in [5, 5.41) is 0. The van der Waals surface area contributed by atoms with Crippen LogP contribution in [-0.2, 0) is 0 Å². The molecule has 16 heavy (non-hydrogen) atoms. The minimum atomic E-state index is 0.662. The molecule has 0 radical (unpaired) electrons. The molecule has 1 aliphatic carbocycles. The van der Waals surface area contributed by atoms with Crippen LogP contribution >= 0.6 is 0 Å². The van der Waals surface area contributed by atoms with Crippen molar-refractivity contribution in [3.63, 3.8) is 0 Å². The van der Waals surface area contributed by atoms with Crippen molar-refractivity contribution in [2.75, 3.05) is 19.6 Å². The number of rotatable bonds is 4. The lowest BCUT2D eigenvalue weighted by atomic mass is 9.90. The molecule has 2 nitrogen and oxygen atoms in total. The van der Waals surface area contributed by atoms with E-state index in [2.05, 4.69) is 11.8 Å². The zero-order chi connectivity index (χ0) is 11.4. The Bertz CT molecular complexity index is 199. The van der Waals surface area contributed by atoms with Crippen LogP contribution in [0.4, 0.5) is 0 Å². The van der Waals surface area contributed by atoms with Crippen molar-refractivity contribution in [2.24, 2.45) is 17.6 Å². The van der Waals surface area contributed by atoms with E-state index < -0.39 is 0 Å². The number of hydrogen-bond donors (Lipinski definition) is 1.